The first-order chi connectivity index (χ1) is 10.2. The van der Waals surface area contributed by atoms with E-state index in [0.29, 0.717) is 5.02 Å². The van der Waals surface area contributed by atoms with Crippen LogP contribution in [0.25, 0.3) is 33.1 Å². The van der Waals surface area contributed by atoms with Gasteiger partial charge in [-0.1, -0.05) is 45.7 Å². The van der Waals surface area contributed by atoms with Gasteiger partial charge < -0.3 is 4.42 Å². The molecule has 4 rings (SSSR count). The van der Waals surface area contributed by atoms with Gasteiger partial charge in [-0.2, -0.15) is 0 Å². The van der Waals surface area contributed by atoms with Crippen LogP contribution in [0.5, 0.6) is 0 Å². The Morgan fingerprint density at radius 1 is 0.714 bits per heavy atom. The van der Waals surface area contributed by atoms with Gasteiger partial charge in [0.25, 0.3) is 0 Å². The van der Waals surface area contributed by atoms with Gasteiger partial charge in [-0.3, -0.25) is 0 Å². The van der Waals surface area contributed by atoms with Crippen LogP contribution < -0.4 is 0 Å². The molecule has 0 aliphatic heterocycles. The van der Waals surface area contributed by atoms with E-state index in [9.17, 15) is 0 Å². The number of benzene rings is 3. The number of furan rings is 1. The number of halogens is 2. The van der Waals surface area contributed by atoms with Gasteiger partial charge in [0.05, 0.1) is 0 Å². The molecule has 0 unspecified atom stereocenters. The first-order valence-electron chi connectivity index (χ1n) is 6.58. The SMILES string of the molecule is Clc1ccc2c(c1)oc1cc(-c3ccc(Br)cc3)ccc12. The van der Waals surface area contributed by atoms with E-state index in [1.807, 2.05) is 30.3 Å². The van der Waals surface area contributed by atoms with Crippen LogP contribution in [-0.4, -0.2) is 0 Å². The molecule has 4 aromatic rings. The summed E-state index contributed by atoms with van der Waals surface area (Å²) in [7, 11) is 0. The summed E-state index contributed by atoms with van der Waals surface area (Å²) in [6, 6.07) is 20.3. The molecule has 0 saturated carbocycles. The van der Waals surface area contributed by atoms with E-state index in [1.54, 1.807) is 0 Å². The quantitative estimate of drug-likeness (QED) is 0.371. The van der Waals surface area contributed by atoms with Crippen molar-refractivity contribution in [2.75, 3.05) is 0 Å². The van der Waals surface area contributed by atoms with E-state index in [1.165, 1.54) is 5.56 Å². The van der Waals surface area contributed by atoms with E-state index in [0.717, 1.165) is 32.0 Å². The monoisotopic (exact) mass is 356 g/mol. The van der Waals surface area contributed by atoms with Crippen molar-refractivity contribution in [3.05, 3.63) is 70.2 Å². The van der Waals surface area contributed by atoms with Crippen LogP contribution in [-0.2, 0) is 0 Å². The minimum absolute atomic E-state index is 0.690. The van der Waals surface area contributed by atoms with Crippen molar-refractivity contribution in [1.82, 2.24) is 0 Å². The topological polar surface area (TPSA) is 13.1 Å². The summed E-state index contributed by atoms with van der Waals surface area (Å²) in [4.78, 5) is 0. The molecule has 21 heavy (non-hydrogen) atoms. The highest BCUT2D eigenvalue weighted by Gasteiger charge is 2.08. The Morgan fingerprint density at radius 3 is 2.10 bits per heavy atom. The highest BCUT2D eigenvalue weighted by molar-refractivity contribution is 9.10. The third-order valence-corrected chi connectivity index (χ3v) is 4.38. The Labute approximate surface area is 135 Å². The Morgan fingerprint density at radius 2 is 1.33 bits per heavy atom. The second-order valence-corrected chi connectivity index (χ2v) is 6.31. The summed E-state index contributed by atoms with van der Waals surface area (Å²) >= 11 is 9.48. The molecule has 102 valence electrons. The Kier molecular flexibility index (Phi) is 3.02. The molecule has 0 amide bonds. The fourth-order valence-electron chi connectivity index (χ4n) is 2.57. The molecule has 3 heteroatoms. The van der Waals surface area contributed by atoms with Crippen LogP contribution in [0.3, 0.4) is 0 Å². The lowest BCUT2D eigenvalue weighted by atomic mass is 10.0. The maximum Gasteiger partial charge on any atom is 0.136 e. The number of hydrogen-bond acceptors (Lipinski definition) is 1. The predicted octanol–water partition coefficient (Wildman–Crippen LogP) is 6.67. The van der Waals surface area contributed by atoms with Crippen LogP contribution in [0.2, 0.25) is 5.02 Å². The first-order valence-corrected chi connectivity index (χ1v) is 7.75. The minimum Gasteiger partial charge on any atom is -0.456 e. The molecular weight excluding hydrogens is 348 g/mol. The largest absolute Gasteiger partial charge is 0.456 e. The van der Waals surface area contributed by atoms with Crippen LogP contribution in [0, 0.1) is 0 Å². The molecule has 3 aromatic carbocycles. The number of hydrogen-bond donors (Lipinski definition) is 0. The third kappa shape index (κ3) is 2.25. The predicted molar refractivity (Wildman–Crippen MR) is 91.9 cm³/mol. The Balaban J connectivity index is 1.93. The maximum atomic E-state index is 6.02. The third-order valence-electron chi connectivity index (χ3n) is 3.61. The van der Waals surface area contributed by atoms with Gasteiger partial charge in [-0.05, 0) is 47.5 Å². The molecule has 0 radical (unpaired) electrons. The molecule has 0 aliphatic carbocycles. The van der Waals surface area contributed by atoms with Gasteiger partial charge in [-0.25, -0.2) is 0 Å². The maximum absolute atomic E-state index is 6.02. The first kappa shape index (κ1) is 12.9. The smallest absolute Gasteiger partial charge is 0.136 e. The van der Waals surface area contributed by atoms with Crippen molar-refractivity contribution in [3.8, 4) is 11.1 Å². The Hall–Kier alpha value is -1.77. The molecule has 1 aromatic heterocycles. The summed E-state index contributed by atoms with van der Waals surface area (Å²) in [5.74, 6) is 0. The minimum atomic E-state index is 0.690. The van der Waals surface area contributed by atoms with Crippen molar-refractivity contribution in [1.29, 1.82) is 0 Å². The molecule has 0 atom stereocenters. The molecule has 0 spiro atoms. The van der Waals surface area contributed by atoms with Gasteiger partial charge in [0.1, 0.15) is 11.2 Å². The fourth-order valence-corrected chi connectivity index (χ4v) is 3.00. The molecule has 0 N–H and O–H groups in total. The summed E-state index contributed by atoms with van der Waals surface area (Å²) in [6.07, 6.45) is 0. The average molecular weight is 358 g/mol. The molecule has 0 bridgehead atoms. The zero-order valence-corrected chi connectivity index (χ0v) is 13.3. The van der Waals surface area contributed by atoms with Gasteiger partial charge >= 0.3 is 0 Å². The van der Waals surface area contributed by atoms with E-state index < -0.39 is 0 Å². The molecule has 0 saturated heterocycles. The molecular formula is C18H10BrClO. The standard InChI is InChI=1S/C18H10BrClO/c19-13-4-1-11(2-5-13)12-3-7-15-16-8-6-14(20)10-18(16)21-17(15)9-12/h1-10H. The van der Waals surface area contributed by atoms with Crippen LogP contribution >= 0.6 is 27.5 Å². The normalized spacial score (nSPS) is 11.3. The van der Waals surface area contributed by atoms with Crippen molar-refractivity contribution in [2.24, 2.45) is 0 Å². The van der Waals surface area contributed by atoms with E-state index in [-0.39, 0.29) is 0 Å². The highest BCUT2D eigenvalue weighted by atomic mass is 79.9. The summed E-state index contributed by atoms with van der Waals surface area (Å²) in [5, 5.41) is 2.90. The Bertz CT molecular complexity index is 954. The summed E-state index contributed by atoms with van der Waals surface area (Å²) in [5.41, 5.74) is 4.01. The number of fused-ring (bicyclic) bond motifs is 3. The van der Waals surface area contributed by atoms with Crippen molar-refractivity contribution >= 4 is 49.5 Å². The average Bonchev–Trinajstić information content (AvgIpc) is 2.84. The zero-order chi connectivity index (χ0) is 14.4. The van der Waals surface area contributed by atoms with Crippen LogP contribution in [0.4, 0.5) is 0 Å². The van der Waals surface area contributed by atoms with E-state index in [2.05, 4.69) is 46.3 Å². The molecule has 1 nitrogen and oxygen atoms in total. The lowest BCUT2D eigenvalue weighted by molar-refractivity contribution is 0.669. The fraction of sp³-hybridized carbons (Fsp3) is 0. The van der Waals surface area contributed by atoms with Crippen LogP contribution in [0.15, 0.2) is 69.6 Å². The van der Waals surface area contributed by atoms with Crippen molar-refractivity contribution in [3.63, 3.8) is 0 Å². The second-order valence-electron chi connectivity index (χ2n) is 4.96. The van der Waals surface area contributed by atoms with Crippen molar-refractivity contribution in [2.45, 2.75) is 0 Å². The lowest BCUT2D eigenvalue weighted by Crippen LogP contribution is -1.77. The molecule has 0 fully saturated rings. The molecule has 1 heterocycles. The van der Waals surface area contributed by atoms with Crippen LogP contribution in [0.1, 0.15) is 0 Å². The van der Waals surface area contributed by atoms with Gasteiger partial charge in [-0.15, -0.1) is 0 Å². The summed E-state index contributed by atoms with van der Waals surface area (Å²) in [6.45, 7) is 0. The van der Waals surface area contributed by atoms with E-state index >= 15 is 0 Å². The molecule has 0 aliphatic rings. The van der Waals surface area contributed by atoms with Gasteiger partial charge in [0.2, 0.25) is 0 Å². The summed E-state index contributed by atoms with van der Waals surface area (Å²) < 4.78 is 7.00. The highest BCUT2D eigenvalue weighted by Crippen LogP contribution is 2.33. The number of rotatable bonds is 1. The second kappa shape index (κ2) is 4.90. The lowest BCUT2D eigenvalue weighted by Gasteiger charge is -2.01. The zero-order valence-electron chi connectivity index (χ0n) is 10.9. The van der Waals surface area contributed by atoms with E-state index in [4.69, 9.17) is 16.0 Å². The van der Waals surface area contributed by atoms with Gasteiger partial charge in [0, 0.05) is 26.3 Å². The van der Waals surface area contributed by atoms with Crippen molar-refractivity contribution < 1.29 is 4.42 Å². The van der Waals surface area contributed by atoms with Gasteiger partial charge in [0.15, 0.2) is 0 Å².